The van der Waals surface area contributed by atoms with Crippen molar-refractivity contribution in [2.75, 3.05) is 0 Å². The molecule has 1 aliphatic heterocycles. The summed E-state index contributed by atoms with van der Waals surface area (Å²) in [6.07, 6.45) is 1.87. The van der Waals surface area contributed by atoms with Gasteiger partial charge in [0.2, 0.25) is 0 Å². The lowest BCUT2D eigenvalue weighted by Gasteiger charge is -2.45. The summed E-state index contributed by atoms with van der Waals surface area (Å²) in [7, 11) is -2.64. The van der Waals surface area contributed by atoms with Crippen LogP contribution < -0.4 is 10.4 Å². The van der Waals surface area contributed by atoms with Crippen LogP contribution in [-0.2, 0) is 13.9 Å². The first-order valence-corrected chi connectivity index (χ1v) is 13.1. The molecular formula is C24H29IO3Si. The normalized spacial score (nSPS) is 26.3. The van der Waals surface area contributed by atoms with Crippen molar-refractivity contribution in [2.24, 2.45) is 0 Å². The molecule has 0 saturated carbocycles. The molecule has 0 radical (unpaired) electrons. The van der Waals surface area contributed by atoms with Gasteiger partial charge in [0.05, 0.1) is 0 Å². The molecule has 29 heavy (non-hydrogen) atoms. The van der Waals surface area contributed by atoms with Gasteiger partial charge in [-0.15, -0.1) is 0 Å². The Hall–Kier alpha value is -0.993. The maximum Gasteiger partial charge on any atom is 0.262 e. The second-order valence-electron chi connectivity index (χ2n) is 9.32. The first-order chi connectivity index (χ1) is 13.6. The van der Waals surface area contributed by atoms with E-state index in [-0.39, 0.29) is 23.4 Å². The molecule has 1 aliphatic carbocycles. The van der Waals surface area contributed by atoms with Gasteiger partial charge in [0.25, 0.3) is 8.32 Å². The fraction of sp³-hybridized carbons (Fsp3) is 0.417. The Morgan fingerprint density at radius 1 is 0.897 bits per heavy atom. The predicted octanol–water partition coefficient (Wildman–Crippen LogP) is 4.78. The van der Waals surface area contributed by atoms with Crippen molar-refractivity contribution in [1.82, 2.24) is 0 Å². The summed E-state index contributed by atoms with van der Waals surface area (Å²) >= 11 is 2.40. The van der Waals surface area contributed by atoms with E-state index >= 15 is 0 Å². The van der Waals surface area contributed by atoms with E-state index in [1.165, 1.54) is 14.0 Å². The summed E-state index contributed by atoms with van der Waals surface area (Å²) in [5.74, 6) is -0.587. The van der Waals surface area contributed by atoms with Gasteiger partial charge in [-0.25, -0.2) is 0 Å². The lowest BCUT2D eigenvalue weighted by Crippen LogP contribution is -2.68. The smallest absolute Gasteiger partial charge is 0.262 e. The predicted molar refractivity (Wildman–Crippen MR) is 128 cm³/mol. The molecule has 0 aromatic heterocycles. The Morgan fingerprint density at radius 3 is 1.90 bits per heavy atom. The molecule has 1 heterocycles. The van der Waals surface area contributed by atoms with Crippen molar-refractivity contribution in [1.29, 1.82) is 0 Å². The highest BCUT2D eigenvalue weighted by Gasteiger charge is 2.56. The molecule has 2 aromatic rings. The minimum Gasteiger partial charge on any atom is -0.397 e. The Labute approximate surface area is 188 Å². The molecule has 0 amide bonds. The molecule has 154 valence electrons. The van der Waals surface area contributed by atoms with Crippen molar-refractivity contribution < 1.29 is 13.9 Å². The van der Waals surface area contributed by atoms with Crippen LogP contribution in [0.25, 0.3) is 0 Å². The van der Waals surface area contributed by atoms with Gasteiger partial charge in [-0.3, -0.25) is 0 Å². The van der Waals surface area contributed by atoms with Gasteiger partial charge in [0, 0.05) is 3.58 Å². The quantitative estimate of drug-likeness (QED) is 0.429. The van der Waals surface area contributed by atoms with E-state index in [0.717, 1.165) is 0 Å². The molecule has 5 heteroatoms. The Morgan fingerprint density at radius 2 is 1.41 bits per heavy atom. The molecule has 0 bridgehead atoms. The summed E-state index contributed by atoms with van der Waals surface area (Å²) in [6.45, 7) is 10.9. The summed E-state index contributed by atoms with van der Waals surface area (Å²) in [4.78, 5) is 0. The summed E-state index contributed by atoms with van der Waals surface area (Å²) < 4.78 is 20.9. The monoisotopic (exact) mass is 520 g/mol. The van der Waals surface area contributed by atoms with Gasteiger partial charge < -0.3 is 13.9 Å². The average molecular weight is 520 g/mol. The summed E-state index contributed by atoms with van der Waals surface area (Å²) in [6, 6.07) is 21.5. The van der Waals surface area contributed by atoms with Crippen LogP contribution in [0.1, 0.15) is 34.6 Å². The van der Waals surface area contributed by atoms with Crippen LogP contribution in [0.4, 0.5) is 0 Å². The van der Waals surface area contributed by atoms with Gasteiger partial charge in [-0.05, 0) is 57.9 Å². The first-order valence-electron chi connectivity index (χ1n) is 10.2. The number of hydrogen-bond acceptors (Lipinski definition) is 3. The minimum absolute atomic E-state index is 0.0554. The Balaban J connectivity index is 1.85. The van der Waals surface area contributed by atoms with Crippen LogP contribution in [0.3, 0.4) is 0 Å². The van der Waals surface area contributed by atoms with Gasteiger partial charge in [0.1, 0.15) is 18.3 Å². The number of fused-ring (bicyclic) bond motifs is 1. The molecule has 0 unspecified atom stereocenters. The third-order valence-electron chi connectivity index (χ3n) is 5.78. The van der Waals surface area contributed by atoms with Crippen molar-refractivity contribution in [3.8, 4) is 0 Å². The van der Waals surface area contributed by atoms with Crippen molar-refractivity contribution >= 4 is 41.3 Å². The van der Waals surface area contributed by atoms with Gasteiger partial charge >= 0.3 is 0 Å². The zero-order chi connectivity index (χ0) is 20.9. The number of hydrogen-bond donors (Lipinski definition) is 0. The van der Waals surface area contributed by atoms with Crippen molar-refractivity contribution in [2.45, 2.75) is 63.8 Å². The first kappa shape index (κ1) is 21.2. The van der Waals surface area contributed by atoms with E-state index in [1.54, 1.807) is 0 Å². The molecule has 0 N–H and O–H groups in total. The molecule has 4 rings (SSSR count). The van der Waals surface area contributed by atoms with Crippen LogP contribution in [0.5, 0.6) is 0 Å². The Bertz CT molecular complexity index is 850. The number of rotatable bonds is 4. The van der Waals surface area contributed by atoms with E-state index in [4.69, 9.17) is 13.9 Å². The second-order valence-corrected chi connectivity index (χ2v) is 14.8. The lowest BCUT2D eigenvalue weighted by atomic mass is 10.2. The van der Waals surface area contributed by atoms with Crippen LogP contribution in [0.2, 0.25) is 5.04 Å². The minimum atomic E-state index is -2.64. The summed E-state index contributed by atoms with van der Waals surface area (Å²) in [5, 5.41) is 2.49. The van der Waals surface area contributed by atoms with Crippen LogP contribution in [-0.4, -0.2) is 32.4 Å². The molecule has 2 aliphatic rings. The van der Waals surface area contributed by atoms with Crippen molar-refractivity contribution in [3.63, 3.8) is 0 Å². The molecule has 3 atom stereocenters. The molecule has 3 nitrogen and oxygen atoms in total. The molecular weight excluding hydrogens is 491 g/mol. The van der Waals surface area contributed by atoms with E-state index in [1.807, 2.05) is 13.8 Å². The average Bonchev–Trinajstić information content (AvgIpc) is 3.10. The van der Waals surface area contributed by atoms with E-state index in [2.05, 4.69) is 110 Å². The maximum absolute atomic E-state index is 7.31. The van der Waals surface area contributed by atoms with Gasteiger partial charge in [0.15, 0.2) is 5.79 Å². The lowest BCUT2D eigenvalue weighted by molar-refractivity contribution is -0.151. The Kier molecular flexibility index (Phi) is 5.57. The largest absolute Gasteiger partial charge is 0.397 e. The SMILES string of the molecule is CC1(C)O[C@H]2[C@@H](C=C(I)[C@@H]2O[Si](c2ccccc2)(c2ccccc2)C(C)(C)C)O1. The highest BCUT2D eigenvalue weighted by Crippen LogP contribution is 2.45. The number of halogens is 1. The van der Waals surface area contributed by atoms with Gasteiger partial charge in [-0.2, -0.15) is 0 Å². The number of benzene rings is 2. The zero-order valence-corrected chi connectivity index (χ0v) is 20.8. The topological polar surface area (TPSA) is 27.7 Å². The van der Waals surface area contributed by atoms with Crippen LogP contribution >= 0.6 is 22.6 Å². The molecule has 0 spiro atoms. The molecule has 1 fully saturated rings. The fourth-order valence-corrected chi connectivity index (χ4v) is 10.3. The van der Waals surface area contributed by atoms with Crippen molar-refractivity contribution in [3.05, 3.63) is 70.3 Å². The zero-order valence-electron chi connectivity index (χ0n) is 17.7. The van der Waals surface area contributed by atoms with E-state index < -0.39 is 14.1 Å². The van der Waals surface area contributed by atoms with Crippen LogP contribution in [0.15, 0.2) is 70.3 Å². The van der Waals surface area contributed by atoms with Crippen LogP contribution in [0, 0.1) is 0 Å². The third kappa shape index (κ3) is 3.76. The number of ether oxygens (including phenoxy) is 2. The highest BCUT2D eigenvalue weighted by atomic mass is 127. The highest BCUT2D eigenvalue weighted by molar-refractivity contribution is 14.1. The molecule has 1 saturated heterocycles. The van der Waals surface area contributed by atoms with E-state index in [9.17, 15) is 0 Å². The van der Waals surface area contributed by atoms with E-state index in [0.29, 0.717) is 0 Å². The molecule has 2 aromatic carbocycles. The maximum atomic E-state index is 7.31. The second kappa shape index (κ2) is 7.61. The summed E-state index contributed by atoms with van der Waals surface area (Å²) in [5.41, 5.74) is 0. The van der Waals surface area contributed by atoms with Gasteiger partial charge in [-0.1, -0.05) is 81.4 Å². The third-order valence-corrected chi connectivity index (χ3v) is 11.8. The standard InChI is InChI=1S/C24H29IO3Si/c1-23(2,3)29(17-12-8-6-9-13-17,18-14-10-7-11-15-18)28-21-19(25)16-20-22(21)27-24(4,5)26-20/h6-16,20-22H,1-5H3/t20-,21+,22+/m1/s1. The fourth-order valence-electron chi connectivity index (χ4n) is 4.59.